The number of likely N-dealkylation sites (tertiary alicyclic amines) is 1. The molecule has 2 heterocycles. The molecule has 0 aliphatic carbocycles. The predicted octanol–water partition coefficient (Wildman–Crippen LogP) is 3.03. The Morgan fingerprint density at radius 3 is 2.73 bits per heavy atom. The van der Waals surface area contributed by atoms with Gasteiger partial charge in [0, 0.05) is 18.4 Å². The third-order valence-corrected chi connectivity index (χ3v) is 3.87. The first-order valence-electron chi connectivity index (χ1n) is 7.35. The van der Waals surface area contributed by atoms with Gasteiger partial charge in [-0.05, 0) is 50.4 Å². The molecule has 1 aromatic heterocycles. The van der Waals surface area contributed by atoms with Crippen molar-refractivity contribution < 1.29 is 13.2 Å². The number of hydrogen-bond donors (Lipinski definition) is 1. The maximum Gasteiger partial charge on any atom is 0.401 e. The van der Waals surface area contributed by atoms with Crippen LogP contribution in [0.3, 0.4) is 0 Å². The lowest BCUT2D eigenvalue weighted by Crippen LogP contribution is -2.40. The summed E-state index contributed by atoms with van der Waals surface area (Å²) >= 11 is 0. The SMILES string of the molecule is N#Cc1cc(NCCC2CCN(CC(F)(F)F)CC2)ccn1. The number of rotatable bonds is 5. The summed E-state index contributed by atoms with van der Waals surface area (Å²) in [6.07, 6.45) is 0.00383. The number of pyridine rings is 1. The fourth-order valence-corrected chi connectivity index (χ4v) is 2.71. The highest BCUT2D eigenvalue weighted by Gasteiger charge is 2.32. The smallest absolute Gasteiger partial charge is 0.385 e. The summed E-state index contributed by atoms with van der Waals surface area (Å²) in [5.41, 5.74) is 1.21. The van der Waals surface area contributed by atoms with E-state index in [1.165, 1.54) is 4.90 Å². The number of nitrogens with one attached hydrogen (secondary N) is 1. The van der Waals surface area contributed by atoms with Gasteiger partial charge in [-0.25, -0.2) is 4.98 Å². The van der Waals surface area contributed by atoms with Crippen molar-refractivity contribution in [3.8, 4) is 6.07 Å². The van der Waals surface area contributed by atoms with Crippen molar-refractivity contribution >= 4 is 5.69 Å². The maximum atomic E-state index is 12.3. The maximum absolute atomic E-state index is 12.3. The Bertz CT molecular complexity index is 516. The molecule has 2 rings (SSSR count). The Kier molecular flexibility index (Phi) is 5.61. The highest BCUT2D eigenvalue weighted by atomic mass is 19.4. The van der Waals surface area contributed by atoms with Gasteiger partial charge in [0.25, 0.3) is 0 Å². The third kappa shape index (κ3) is 5.53. The number of nitrogens with zero attached hydrogens (tertiary/aromatic N) is 3. The lowest BCUT2D eigenvalue weighted by Gasteiger charge is -2.32. The van der Waals surface area contributed by atoms with Crippen LogP contribution in [-0.4, -0.2) is 42.2 Å². The Hall–Kier alpha value is -1.81. The molecule has 0 spiro atoms. The molecule has 1 aliphatic rings. The Balaban J connectivity index is 1.68. The second kappa shape index (κ2) is 7.45. The van der Waals surface area contributed by atoms with Crippen LogP contribution in [0.4, 0.5) is 18.9 Å². The Morgan fingerprint density at radius 1 is 1.36 bits per heavy atom. The summed E-state index contributed by atoms with van der Waals surface area (Å²) in [6.45, 7) is 0.973. The van der Waals surface area contributed by atoms with Crippen LogP contribution in [0.15, 0.2) is 18.3 Å². The number of nitriles is 1. The standard InChI is InChI=1S/C15H19F3N4/c16-15(17,18)11-22-7-3-12(4-8-22)1-5-20-13-2-6-21-14(9-13)10-19/h2,6,9,12H,1,3-5,7-8,11H2,(H,20,21). The quantitative estimate of drug-likeness (QED) is 0.908. The summed E-state index contributed by atoms with van der Waals surface area (Å²) in [5.74, 6) is 0.453. The van der Waals surface area contributed by atoms with E-state index in [0.29, 0.717) is 24.7 Å². The predicted molar refractivity (Wildman–Crippen MR) is 77.3 cm³/mol. The molecule has 0 atom stereocenters. The monoisotopic (exact) mass is 312 g/mol. The lowest BCUT2D eigenvalue weighted by molar-refractivity contribution is -0.148. The zero-order chi connectivity index (χ0) is 16.0. The molecule has 0 bridgehead atoms. The van der Waals surface area contributed by atoms with E-state index in [4.69, 9.17) is 5.26 Å². The van der Waals surface area contributed by atoms with Gasteiger partial charge in [-0.2, -0.15) is 18.4 Å². The van der Waals surface area contributed by atoms with Crippen LogP contribution >= 0.6 is 0 Å². The highest BCUT2D eigenvalue weighted by Crippen LogP contribution is 2.24. The molecule has 7 heteroatoms. The van der Waals surface area contributed by atoms with Crippen molar-refractivity contribution in [1.82, 2.24) is 9.88 Å². The number of piperidine rings is 1. The second-order valence-corrected chi connectivity index (χ2v) is 5.59. The van der Waals surface area contributed by atoms with Gasteiger partial charge in [-0.1, -0.05) is 0 Å². The van der Waals surface area contributed by atoms with E-state index in [-0.39, 0.29) is 0 Å². The average molecular weight is 312 g/mol. The van der Waals surface area contributed by atoms with Crippen LogP contribution in [0.5, 0.6) is 0 Å². The van der Waals surface area contributed by atoms with E-state index in [1.54, 1.807) is 18.3 Å². The van der Waals surface area contributed by atoms with Gasteiger partial charge in [0.15, 0.2) is 0 Å². The van der Waals surface area contributed by atoms with E-state index in [9.17, 15) is 13.2 Å². The number of anilines is 1. The van der Waals surface area contributed by atoms with Gasteiger partial charge in [0.2, 0.25) is 0 Å². The minimum Gasteiger partial charge on any atom is -0.385 e. The van der Waals surface area contributed by atoms with Crippen molar-refractivity contribution in [3.05, 3.63) is 24.0 Å². The van der Waals surface area contributed by atoms with Crippen LogP contribution in [0, 0.1) is 17.2 Å². The van der Waals surface area contributed by atoms with Gasteiger partial charge in [0.1, 0.15) is 11.8 Å². The summed E-state index contributed by atoms with van der Waals surface area (Å²) in [5, 5.41) is 12.0. The zero-order valence-corrected chi connectivity index (χ0v) is 12.2. The van der Waals surface area contributed by atoms with E-state index >= 15 is 0 Å². The number of alkyl halides is 3. The summed E-state index contributed by atoms with van der Waals surface area (Å²) in [6, 6.07) is 5.47. The fraction of sp³-hybridized carbons (Fsp3) is 0.600. The van der Waals surface area contributed by atoms with Crippen molar-refractivity contribution in [2.75, 3.05) is 31.5 Å². The van der Waals surface area contributed by atoms with Gasteiger partial charge < -0.3 is 5.32 Å². The van der Waals surface area contributed by atoms with Crippen molar-refractivity contribution in [3.63, 3.8) is 0 Å². The van der Waals surface area contributed by atoms with Gasteiger partial charge in [0.05, 0.1) is 6.54 Å². The lowest BCUT2D eigenvalue weighted by atomic mass is 9.93. The summed E-state index contributed by atoms with van der Waals surface area (Å²) in [4.78, 5) is 5.37. The Labute approximate surface area is 127 Å². The molecule has 0 amide bonds. The number of hydrogen-bond acceptors (Lipinski definition) is 4. The topological polar surface area (TPSA) is 52.0 Å². The molecule has 0 aromatic carbocycles. The molecule has 22 heavy (non-hydrogen) atoms. The van der Waals surface area contributed by atoms with Crippen molar-refractivity contribution in [2.45, 2.75) is 25.4 Å². The zero-order valence-electron chi connectivity index (χ0n) is 12.2. The van der Waals surface area contributed by atoms with Gasteiger partial charge in [-0.3, -0.25) is 4.90 Å². The number of aromatic nitrogens is 1. The van der Waals surface area contributed by atoms with Crippen LogP contribution in [0.2, 0.25) is 0 Å². The van der Waals surface area contributed by atoms with Crippen LogP contribution < -0.4 is 5.32 Å². The molecule has 1 saturated heterocycles. The average Bonchev–Trinajstić information content (AvgIpc) is 2.48. The minimum atomic E-state index is -4.10. The van der Waals surface area contributed by atoms with Crippen LogP contribution in [0.1, 0.15) is 25.0 Å². The van der Waals surface area contributed by atoms with Crippen molar-refractivity contribution in [2.24, 2.45) is 5.92 Å². The third-order valence-electron chi connectivity index (χ3n) is 3.87. The molecule has 1 N–H and O–H groups in total. The number of halogens is 3. The van der Waals surface area contributed by atoms with Gasteiger partial charge >= 0.3 is 6.18 Å². The van der Waals surface area contributed by atoms with E-state index in [0.717, 1.165) is 31.5 Å². The first kappa shape index (κ1) is 16.6. The minimum absolute atomic E-state index is 0.366. The van der Waals surface area contributed by atoms with Crippen LogP contribution in [0.25, 0.3) is 0 Å². The molecule has 0 radical (unpaired) electrons. The van der Waals surface area contributed by atoms with E-state index in [2.05, 4.69) is 10.3 Å². The molecule has 1 aliphatic heterocycles. The van der Waals surface area contributed by atoms with Crippen LogP contribution in [-0.2, 0) is 0 Å². The Morgan fingerprint density at radius 2 is 2.09 bits per heavy atom. The highest BCUT2D eigenvalue weighted by molar-refractivity contribution is 5.45. The van der Waals surface area contributed by atoms with Gasteiger partial charge in [-0.15, -0.1) is 0 Å². The first-order chi connectivity index (χ1) is 10.5. The van der Waals surface area contributed by atoms with E-state index < -0.39 is 12.7 Å². The van der Waals surface area contributed by atoms with E-state index in [1.807, 2.05) is 6.07 Å². The molecule has 0 unspecified atom stereocenters. The summed E-state index contributed by atoms with van der Waals surface area (Å²) in [7, 11) is 0. The largest absolute Gasteiger partial charge is 0.401 e. The molecule has 4 nitrogen and oxygen atoms in total. The molecular formula is C15H19F3N4. The molecular weight excluding hydrogens is 293 g/mol. The fourth-order valence-electron chi connectivity index (χ4n) is 2.71. The molecule has 1 aromatic rings. The molecule has 120 valence electrons. The molecule has 0 saturated carbocycles. The van der Waals surface area contributed by atoms with Crippen molar-refractivity contribution in [1.29, 1.82) is 5.26 Å². The summed E-state index contributed by atoms with van der Waals surface area (Å²) < 4.78 is 36.9. The first-order valence-corrected chi connectivity index (χ1v) is 7.35. The normalized spacial score (nSPS) is 17.2. The second-order valence-electron chi connectivity index (χ2n) is 5.59. The molecule has 1 fully saturated rings.